The van der Waals surface area contributed by atoms with Crippen molar-refractivity contribution in [3.05, 3.63) is 53.7 Å². The van der Waals surface area contributed by atoms with Gasteiger partial charge in [-0.3, -0.25) is 0 Å². The molecule has 0 spiro atoms. The number of aryl methyl sites for hydroxylation is 1. The van der Waals surface area contributed by atoms with E-state index in [9.17, 15) is 0 Å². The molecule has 0 aliphatic carbocycles. The van der Waals surface area contributed by atoms with Crippen molar-refractivity contribution in [2.24, 2.45) is 0 Å². The molecule has 3 heteroatoms. The maximum absolute atomic E-state index is 5.99. The minimum Gasteiger partial charge on any atom is -0.326 e. The molecular formula is C15H17ClN2. The minimum atomic E-state index is 0.478. The Hall–Kier alpha value is -1.54. The second kappa shape index (κ2) is 5.87. The monoisotopic (exact) mass is 260 g/mol. The average Bonchev–Trinajstić information content (AvgIpc) is 2.40. The molecule has 0 atom stereocenters. The van der Waals surface area contributed by atoms with Crippen LogP contribution in [0, 0.1) is 6.92 Å². The number of aromatic nitrogens is 1. The Morgan fingerprint density at radius 1 is 1.22 bits per heavy atom. The molecule has 0 saturated carbocycles. The molecule has 1 aromatic heterocycles. The standard InChI is InChI=1S/C15H17ClN2/c1-3-18(14-8-4-6-12(2)10-14)15-13(11-16)7-5-9-17-15/h4-10H,3,11H2,1-2H3. The van der Waals surface area contributed by atoms with Crippen molar-refractivity contribution in [2.75, 3.05) is 11.4 Å². The van der Waals surface area contributed by atoms with E-state index in [1.54, 1.807) is 0 Å². The number of hydrogen-bond acceptors (Lipinski definition) is 2. The zero-order valence-corrected chi connectivity index (χ0v) is 11.5. The van der Waals surface area contributed by atoms with E-state index in [2.05, 4.69) is 48.0 Å². The zero-order chi connectivity index (χ0) is 13.0. The molecule has 0 aliphatic rings. The van der Waals surface area contributed by atoms with Gasteiger partial charge in [-0.15, -0.1) is 11.6 Å². The summed E-state index contributed by atoms with van der Waals surface area (Å²) in [5.74, 6) is 1.42. The highest BCUT2D eigenvalue weighted by atomic mass is 35.5. The fraction of sp³-hybridized carbons (Fsp3) is 0.267. The number of anilines is 2. The predicted octanol–water partition coefficient (Wildman–Crippen LogP) is 4.29. The van der Waals surface area contributed by atoms with Crippen LogP contribution >= 0.6 is 11.6 Å². The van der Waals surface area contributed by atoms with Gasteiger partial charge in [-0.1, -0.05) is 18.2 Å². The Kier molecular flexibility index (Phi) is 4.21. The largest absolute Gasteiger partial charge is 0.326 e. The summed E-state index contributed by atoms with van der Waals surface area (Å²) in [5, 5.41) is 0. The molecule has 1 aromatic carbocycles. The Bertz CT molecular complexity index is 525. The number of halogens is 1. The van der Waals surface area contributed by atoms with E-state index in [4.69, 9.17) is 11.6 Å². The first kappa shape index (κ1) is 12.9. The van der Waals surface area contributed by atoms with Gasteiger partial charge in [0.1, 0.15) is 5.82 Å². The first-order valence-electron chi connectivity index (χ1n) is 6.10. The fourth-order valence-electron chi connectivity index (χ4n) is 2.03. The van der Waals surface area contributed by atoms with E-state index < -0.39 is 0 Å². The molecule has 18 heavy (non-hydrogen) atoms. The van der Waals surface area contributed by atoms with Crippen molar-refractivity contribution < 1.29 is 0 Å². The molecule has 1 heterocycles. The summed E-state index contributed by atoms with van der Waals surface area (Å²) in [6.07, 6.45) is 1.81. The van der Waals surface area contributed by atoms with Crippen LogP contribution in [0.15, 0.2) is 42.6 Å². The van der Waals surface area contributed by atoms with Crippen LogP contribution in [0.4, 0.5) is 11.5 Å². The first-order chi connectivity index (χ1) is 8.76. The Morgan fingerprint density at radius 2 is 2.06 bits per heavy atom. The Morgan fingerprint density at radius 3 is 2.72 bits per heavy atom. The molecule has 0 bridgehead atoms. The van der Waals surface area contributed by atoms with Crippen LogP contribution in [0.1, 0.15) is 18.1 Å². The number of benzene rings is 1. The number of nitrogens with zero attached hydrogens (tertiary/aromatic N) is 2. The van der Waals surface area contributed by atoms with E-state index in [1.807, 2.05) is 18.3 Å². The van der Waals surface area contributed by atoms with Crippen LogP contribution in [0.3, 0.4) is 0 Å². The van der Waals surface area contributed by atoms with Crippen molar-refractivity contribution in [3.8, 4) is 0 Å². The summed E-state index contributed by atoms with van der Waals surface area (Å²) in [6.45, 7) is 5.08. The molecule has 0 radical (unpaired) electrons. The van der Waals surface area contributed by atoms with Gasteiger partial charge >= 0.3 is 0 Å². The van der Waals surface area contributed by atoms with Crippen LogP contribution in [0.2, 0.25) is 0 Å². The Labute approximate surface area is 113 Å². The first-order valence-corrected chi connectivity index (χ1v) is 6.63. The number of rotatable bonds is 4. The summed E-state index contributed by atoms with van der Waals surface area (Å²) in [6, 6.07) is 12.4. The fourth-order valence-corrected chi connectivity index (χ4v) is 2.24. The number of pyridine rings is 1. The minimum absolute atomic E-state index is 0.478. The van der Waals surface area contributed by atoms with Gasteiger partial charge in [-0.25, -0.2) is 4.98 Å². The summed E-state index contributed by atoms with van der Waals surface area (Å²) in [4.78, 5) is 6.65. The average molecular weight is 261 g/mol. The second-order valence-electron chi connectivity index (χ2n) is 4.20. The molecule has 94 valence electrons. The van der Waals surface area contributed by atoms with Crippen LogP contribution in [-0.4, -0.2) is 11.5 Å². The topological polar surface area (TPSA) is 16.1 Å². The zero-order valence-electron chi connectivity index (χ0n) is 10.7. The third-order valence-electron chi connectivity index (χ3n) is 2.90. The molecule has 0 unspecified atom stereocenters. The van der Waals surface area contributed by atoms with Crippen LogP contribution in [0.25, 0.3) is 0 Å². The van der Waals surface area contributed by atoms with Gasteiger partial charge in [-0.2, -0.15) is 0 Å². The SMILES string of the molecule is CCN(c1cccc(C)c1)c1ncccc1CCl. The van der Waals surface area contributed by atoms with Gasteiger partial charge in [0.25, 0.3) is 0 Å². The van der Waals surface area contributed by atoms with Crippen molar-refractivity contribution >= 4 is 23.1 Å². The van der Waals surface area contributed by atoms with Gasteiger partial charge in [0.2, 0.25) is 0 Å². The number of alkyl halides is 1. The second-order valence-corrected chi connectivity index (χ2v) is 4.47. The highest BCUT2D eigenvalue weighted by molar-refractivity contribution is 6.17. The molecule has 0 aliphatic heterocycles. The van der Waals surface area contributed by atoms with Gasteiger partial charge in [0.05, 0.1) is 5.88 Å². The maximum atomic E-state index is 5.99. The van der Waals surface area contributed by atoms with Gasteiger partial charge in [-0.05, 0) is 37.6 Å². The van der Waals surface area contributed by atoms with Gasteiger partial charge in [0, 0.05) is 24.0 Å². The maximum Gasteiger partial charge on any atom is 0.137 e. The summed E-state index contributed by atoms with van der Waals surface area (Å²) >= 11 is 5.99. The van der Waals surface area contributed by atoms with E-state index in [0.717, 1.165) is 23.6 Å². The third-order valence-corrected chi connectivity index (χ3v) is 3.18. The molecule has 0 N–H and O–H groups in total. The lowest BCUT2D eigenvalue weighted by Crippen LogP contribution is -2.18. The van der Waals surface area contributed by atoms with Crippen molar-refractivity contribution in [1.29, 1.82) is 0 Å². The lowest BCUT2D eigenvalue weighted by atomic mass is 10.2. The molecule has 0 fully saturated rings. The van der Waals surface area contributed by atoms with Gasteiger partial charge in [0.15, 0.2) is 0 Å². The lowest BCUT2D eigenvalue weighted by molar-refractivity contribution is 0.975. The van der Waals surface area contributed by atoms with E-state index in [0.29, 0.717) is 5.88 Å². The van der Waals surface area contributed by atoms with Crippen molar-refractivity contribution in [1.82, 2.24) is 4.98 Å². The van der Waals surface area contributed by atoms with E-state index in [-0.39, 0.29) is 0 Å². The molecule has 0 saturated heterocycles. The summed E-state index contributed by atoms with van der Waals surface area (Å²) in [5.41, 5.74) is 3.46. The van der Waals surface area contributed by atoms with Crippen LogP contribution in [0.5, 0.6) is 0 Å². The molecule has 2 rings (SSSR count). The lowest BCUT2D eigenvalue weighted by Gasteiger charge is -2.24. The summed E-state index contributed by atoms with van der Waals surface area (Å²) < 4.78 is 0. The highest BCUT2D eigenvalue weighted by Crippen LogP contribution is 2.27. The molecule has 0 amide bonds. The Balaban J connectivity index is 2.45. The van der Waals surface area contributed by atoms with E-state index >= 15 is 0 Å². The summed E-state index contributed by atoms with van der Waals surface area (Å²) in [7, 11) is 0. The van der Waals surface area contributed by atoms with Crippen LogP contribution < -0.4 is 4.90 Å². The van der Waals surface area contributed by atoms with Crippen molar-refractivity contribution in [3.63, 3.8) is 0 Å². The van der Waals surface area contributed by atoms with Gasteiger partial charge < -0.3 is 4.90 Å². The third kappa shape index (κ3) is 2.65. The van der Waals surface area contributed by atoms with E-state index in [1.165, 1.54) is 5.56 Å². The van der Waals surface area contributed by atoms with Crippen LogP contribution in [-0.2, 0) is 5.88 Å². The normalized spacial score (nSPS) is 10.4. The smallest absolute Gasteiger partial charge is 0.137 e. The highest BCUT2D eigenvalue weighted by Gasteiger charge is 2.12. The molecule has 2 nitrogen and oxygen atoms in total. The number of hydrogen-bond donors (Lipinski definition) is 0. The van der Waals surface area contributed by atoms with Crippen molar-refractivity contribution in [2.45, 2.75) is 19.7 Å². The molecule has 2 aromatic rings. The predicted molar refractivity (Wildman–Crippen MR) is 77.7 cm³/mol. The quantitative estimate of drug-likeness (QED) is 0.763. The molecular weight excluding hydrogens is 244 g/mol.